The standard InChI is InChI=1S/C11H14N4O2/c1-3-9-10(16)14-7(2)11(17)15(9)8-4-12-6-13-5-8/h4-7,9H,3H2,1-2H3,(H,14,16). The van der Waals surface area contributed by atoms with Crippen molar-refractivity contribution in [3.63, 3.8) is 0 Å². The van der Waals surface area contributed by atoms with Gasteiger partial charge in [-0.1, -0.05) is 6.92 Å². The Bertz CT molecular complexity index is 434. The minimum Gasteiger partial charge on any atom is -0.343 e. The zero-order chi connectivity index (χ0) is 12.4. The first-order chi connectivity index (χ1) is 8.15. The van der Waals surface area contributed by atoms with E-state index < -0.39 is 12.1 Å². The lowest BCUT2D eigenvalue weighted by Crippen LogP contribution is -2.62. The van der Waals surface area contributed by atoms with Crippen LogP contribution < -0.4 is 10.2 Å². The summed E-state index contributed by atoms with van der Waals surface area (Å²) in [6.07, 6.45) is 5.03. The SMILES string of the molecule is CCC1C(=O)NC(C)C(=O)N1c1cncnc1. The minimum atomic E-state index is -0.509. The van der Waals surface area contributed by atoms with Crippen LogP contribution in [-0.2, 0) is 9.59 Å². The van der Waals surface area contributed by atoms with E-state index in [1.54, 1.807) is 19.3 Å². The molecule has 0 aliphatic carbocycles. The van der Waals surface area contributed by atoms with Crippen LogP contribution in [0, 0.1) is 0 Å². The van der Waals surface area contributed by atoms with Crippen LogP contribution in [0.4, 0.5) is 5.69 Å². The Morgan fingerprint density at radius 3 is 2.59 bits per heavy atom. The molecule has 1 saturated heterocycles. The van der Waals surface area contributed by atoms with Gasteiger partial charge in [0.2, 0.25) is 11.8 Å². The summed E-state index contributed by atoms with van der Waals surface area (Å²) in [4.78, 5) is 33.1. The summed E-state index contributed by atoms with van der Waals surface area (Å²) in [6.45, 7) is 3.53. The third kappa shape index (κ3) is 1.98. The van der Waals surface area contributed by atoms with Gasteiger partial charge in [-0.25, -0.2) is 9.97 Å². The van der Waals surface area contributed by atoms with Gasteiger partial charge in [0.25, 0.3) is 0 Å². The molecule has 17 heavy (non-hydrogen) atoms. The topological polar surface area (TPSA) is 75.2 Å². The van der Waals surface area contributed by atoms with Crippen LogP contribution in [0.5, 0.6) is 0 Å². The quantitative estimate of drug-likeness (QED) is 0.787. The van der Waals surface area contributed by atoms with E-state index in [4.69, 9.17) is 0 Å². The van der Waals surface area contributed by atoms with E-state index in [1.807, 2.05) is 6.92 Å². The second-order valence-corrected chi connectivity index (χ2v) is 3.96. The first-order valence-corrected chi connectivity index (χ1v) is 5.53. The second kappa shape index (κ2) is 4.48. The van der Waals surface area contributed by atoms with Crippen molar-refractivity contribution in [1.82, 2.24) is 15.3 Å². The van der Waals surface area contributed by atoms with Gasteiger partial charge < -0.3 is 5.32 Å². The smallest absolute Gasteiger partial charge is 0.250 e. The first-order valence-electron chi connectivity index (χ1n) is 5.53. The maximum absolute atomic E-state index is 12.1. The molecule has 0 aromatic carbocycles. The molecule has 0 bridgehead atoms. The van der Waals surface area contributed by atoms with Crippen molar-refractivity contribution in [3.8, 4) is 0 Å². The number of nitrogens with one attached hydrogen (secondary N) is 1. The van der Waals surface area contributed by atoms with Crippen LogP contribution in [0.2, 0.25) is 0 Å². The van der Waals surface area contributed by atoms with E-state index in [9.17, 15) is 9.59 Å². The normalized spacial score (nSPS) is 24.7. The molecule has 6 heteroatoms. The average Bonchev–Trinajstić information content (AvgIpc) is 2.34. The molecule has 2 heterocycles. The number of nitrogens with zero attached hydrogens (tertiary/aromatic N) is 3. The van der Waals surface area contributed by atoms with E-state index >= 15 is 0 Å². The Morgan fingerprint density at radius 1 is 1.35 bits per heavy atom. The van der Waals surface area contributed by atoms with E-state index in [1.165, 1.54) is 11.2 Å². The van der Waals surface area contributed by atoms with Crippen molar-refractivity contribution in [3.05, 3.63) is 18.7 Å². The molecule has 1 aliphatic heterocycles. The van der Waals surface area contributed by atoms with Crippen molar-refractivity contribution in [2.45, 2.75) is 32.4 Å². The molecule has 0 spiro atoms. The monoisotopic (exact) mass is 234 g/mol. The van der Waals surface area contributed by atoms with Gasteiger partial charge in [0, 0.05) is 0 Å². The largest absolute Gasteiger partial charge is 0.343 e. The Hall–Kier alpha value is -1.98. The summed E-state index contributed by atoms with van der Waals surface area (Å²) in [5, 5.41) is 2.66. The van der Waals surface area contributed by atoms with Gasteiger partial charge in [-0.05, 0) is 13.3 Å². The Kier molecular flexibility index (Phi) is 3.03. The van der Waals surface area contributed by atoms with Crippen molar-refractivity contribution in [2.24, 2.45) is 0 Å². The molecule has 1 N–H and O–H groups in total. The summed E-state index contributed by atoms with van der Waals surface area (Å²) in [6, 6.07) is -0.991. The number of hydrogen-bond acceptors (Lipinski definition) is 4. The maximum Gasteiger partial charge on any atom is 0.250 e. The zero-order valence-electron chi connectivity index (χ0n) is 9.75. The summed E-state index contributed by atoms with van der Waals surface area (Å²) < 4.78 is 0. The van der Waals surface area contributed by atoms with Crippen LogP contribution in [0.25, 0.3) is 0 Å². The van der Waals surface area contributed by atoms with E-state index in [0.717, 1.165) is 0 Å². The minimum absolute atomic E-state index is 0.133. The fourth-order valence-electron chi connectivity index (χ4n) is 1.94. The Balaban J connectivity index is 2.39. The van der Waals surface area contributed by atoms with Gasteiger partial charge in [-0.3, -0.25) is 14.5 Å². The first kappa shape index (κ1) is 11.5. The lowest BCUT2D eigenvalue weighted by molar-refractivity contribution is -0.133. The fourth-order valence-corrected chi connectivity index (χ4v) is 1.94. The van der Waals surface area contributed by atoms with Crippen molar-refractivity contribution < 1.29 is 9.59 Å². The molecule has 0 saturated carbocycles. The molecule has 2 atom stereocenters. The van der Waals surface area contributed by atoms with Crippen LogP contribution in [0.3, 0.4) is 0 Å². The highest BCUT2D eigenvalue weighted by molar-refractivity contribution is 6.07. The number of anilines is 1. The highest BCUT2D eigenvalue weighted by atomic mass is 16.2. The summed E-state index contributed by atoms with van der Waals surface area (Å²) in [5.41, 5.74) is 0.561. The lowest BCUT2D eigenvalue weighted by atomic mass is 10.1. The molecule has 1 aliphatic rings. The molecular weight excluding hydrogens is 220 g/mol. The molecule has 2 rings (SSSR count). The second-order valence-electron chi connectivity index (χ2n) is 3.96. The fraction of sp³-hybridized carbons (Fsp3) is 0.455. The highest BCUT2D eigenvalue weighted by Gasteiger charge is 2.38. The van der Waals surface area contributed by atoms with Crippen molar-refractivity contribution in [2.75, 3.05) is 4.90 Å². The average molecular weight is 234 g/mol. The number of carbonyl (C=O) groups is 2. The van der Waals surface area contributed by atoms with Gasteiger partial charge in [-0.15, -0.1) is 0 Å². The number of carbonyl (C=O) groups excluding carboxylic acids is 2. The predicted octanol–water partition coefficient (Wildman–Crippen LogP) is 0.106. The van der Waals surface area contributed by atoms with Gasteiger partial charge in [0.05, 0.1) is 18.1 Å². The van der Waals surface area contributed by atoms with Gasteiger partial charge >= 0.3 is 0 Å². The highest BCUT2D eigenvalue weighted by Crippen LogP contribution is 2.21. The zero-order valence-corrected chi connectivity index (χ0v) is 9.75. The maximum atomic E-state index is 12.1. The van der Waals surface area contributed by atoms with Crippen LogP contribution in [0.1, 0.15) is 20.3 Å². The van der Waals surface area contributed by atoms with Crippen LogP contribution in [0.15, 0.2) is 18.7 Å². The molecule has 0 radical (unpaired) electrons. The molecule has 90 valence electrons. The molecule has 1 aromatic heterocycles. The van der Waals surface area contributed by atoms with Crippen molar-refractivity contribution >= 4 is 17.5 Å². The van der Waals surface area contributed by atoms with Gasteiger partial charge in [-0.2, -0.15) is 0 Å². The van der Waals surface area contributed by atoms with E-state index in [-0.39, 0.29) is 11.8 Å². The molecular formula is C11H14N4O2. The Labute approximate surface area is 99.1 Å². The van der Waals surface area contributed by atoms with Crippen LogP contribution in [-0.4, -0.2) is 33.9 Å². The van der Waals surface area contributed by atoms with Crippen molar-refractivity contribution in [1.29, 1.82) is 0 Å². The number of rotatable bonds is 2. The summed E-state index contributed by atoms with van der Waals surface area (Å²) in [5.74, 6) is -0.269. The molecule has 2 amide bonds. The molecule has 2 unspecified atom stereocenters. The summed E-state index contributed by atoms with van der Waals surface area (Å²) >= 11 is 0. The Morgan fingerprint density at radius 2 is 2.00 bits per heavy atom. The third-order valence-corrected chi connectivity index (χ3v) is 2.79. The number of aromatic nitrogens is 2. The molecule has 1 aromatic rings. The number of piperazine rings is 1. The molecule has 6 nitrogen and oxygen atoms in total. The van der Waals surface area contributed by atoms with Gasteiger partial charge in [0.1, 0.15) is 18.4 Å². The number of amides is 2. The number of hydrogen-bond donors (Lipinski definition) is 1. The summed E-state index contributed by atoms with van der Waals surface area (Å²) in [7, 11) is 0. The molecule has 1 fully saturated rings. The van der Waals surface area contributed by atoms with E-state index in [2.05, 4.69) is 15.3 Å². The van der Waals surface area contributed by atoms with E-state index in [0.29, 0.717) is 12.1 Å². The van der Waals surface area contributed by atoms with Crippen LogP contribution >= 0.6 is 0 Å². The third-order valence-electron chi connectivity index (χ3n) is 2.79. The van der Waals surface area contributed by atoms with Gasteiger partial charge in [0.15, 0.2) is 0 Å². The predicted molar refractivity (Wildman–Crippen MR) is 61.2 cm³/mol. The lowest BCUT2D eigenvalue weighted by Gasteiger charge is -2.36.